The summed E-state index contributed by atoms with van der Waals surface area (Å²) < 4.78 is 0. The standard InChI is InChI=1S/C16H28N4/c1-5-8-14-18-15(17-7-3)12(4)16(19-14)20(11-6-2)13-9-10-13/h13H,5-11H2,1-4H3,(H,17,18,19). The van der Waals surface area contributed by atoms with E-state index in [2.05, 4.69) is 42.9 Å². The maximum Gasteiger partial charge on any atom is 0.137 e. The van der Waals surface area contributed by atoms with Crippen LogP contribution in [0.2, 0.25) is 0 Å². The molecule has 2 rings (SSSR count). The van der Waals surface area contributed by atoms with E-state index in [9.17, 15) is 0 Å². The predicted molar refractivity (Wildman–Crippen MR) is 85.6 cm³/mol. The summed E-state index contributed by atoms with van der Waals surface area (Å²) in [5.41, 5.74) is 1.20. The molecule has 0 unspecified atom stereocenters. The lowest BCUT2D eigenvalue weighted by atomic mass is 10.2. The minimum absolute atomic E-state index is 0.701. The minimum Gasteiger partial charge on any atom is -0.370 e. The Balaban J connectivity index is 2.37. The number of anilines is 2. The predicted octanol–water partition coefficient (Wildman–Crippen LogP) is 3.55. The van der Waals surface area contributed by atoms with E-state index in [-0.39, 0.29) is 0 Å². The fourth-order valence-electron chi connectivity index (χ4n) is 2.59. The van der Waals surface area contributed by atoms with Crippen LogP contribution in [0.5, 0.6) is 0 Å². The molecule has 112 valence electrons. The van der Waals surface area contributed by atoms with Gasteiger partial charge in [-0.1, -0.05) is 13.8 Å². The maximum atomic E-state index is 4.86. The monoisotopic (exact) mass is 276 g/mol. The molecule has 0 amide bonds. The largest absolute Gasteiger partial charge is 0.370 e. The summed E-state index contributed by atoms with van der Waals surface area (Å²) in [5, 5.41) is 3.39. The average molecular weight is 276 g/mol. The number of hydrogen-bond acceptors (Lipinski definition) is 4. The molecule has 1 fully saturated rings. The molecule has 4 heteroatoms. The summed E-state index contributed by atoms with van der Waals surface area (Å²) in [6.07, 6.45) is 5.83. The zero-order valence-electron chi connectivity index (χ0n) is 13.4. The van der Waals surface area contributed by atoms with E-state index in [1.165, 1.54) is 24.8 Å². The molecule has 1 aromatic heterocycles. The molecule has 1 aromatic rings. The van der Waals surface area contributed by atoms with Gasteiger partial charge in [0.1, 0.15) is 17.5 Å². The van der Waals surface area contributed by atoms with Crippen molar-refractivity contribution in [2.24, 2.45) is 0 Å². The lowest BCUT2D eigenvalue weighted by Gasteiger charge is -2.26. The van der Waals surface area contributed by atoms with Crippen molar-refractivity contribution in [3.63, 3.8) is 0 Å². The Hall–Kier alpha value is -1.32. The molecule has 0 bridgehead atoms. The lowest BCUT2D eigenvalue weighted by Crippen LogP contribution is -2.29. The summed E-state index contributed by atoms with van der Waals surface area (Å²) in [6.45, 7) is 10.7. The summed E-state index contributed by atoms with van der Waals surface area (Å²) in [4.78, 5) is 12.0. The van der Waals surface area contributed by atoms with Crippen molar-refractivity contribution in [3.8, 4) is 0 Å². The zero-order chi connectivity index (χ0) is 14.5. The van der Waals surface area contributed by atoms with E-state index >= 15 is 0 Å². The van der Waals surface area contributed by atoms with Crippen molar-refractivity contribution < 1.29 is 0 Å². The fourth-order valence-corrected chi connectivity index (χ4v) is 2.59. The molecule has 1 N–H and O–H groups in total. The molecule has 20 heavy (non-hydrogen) atoms. The van der Waals surface area contributed by atoms with E-state index < -0.39 is 0 Å². The Bertz CT molecular complexity index is 440. The molecule has 0 aromatic carbocycles. The molecule has 1 saturated carbocycles. The van der Waals surface area contributed by atoms with E-state index in [1.807, 2.05) is 0 Å². The second-order valence-electron chi connectivity index (χ2n) is 5.64. The lowest BCUT2D eigenvalue weighted by molar-refractivity contribution is 0.732. The molecule has 1 aliphatic rings. The third-order valence-electron chi connectivity index (χ3n) is 3.71. The van der Waals surface area contributed by atoms with Crippen molar-refractivity contribution in [2.75, 3.05) is 23.3 Å². The number of rotatable bonds is 8. The van der Waals surface area contributed by atoms with Crippen LogP contribution >= 0.6 is 0 Å². The zero-order valence-corrected chi connectivity index (χ0v) is 13.4. The highest BCUT2D eigenvalue weighted by molar-refractivity contribution is 5.59. The topological polar surface area (TPSA) is 41.1 Å². The second kappa shape index (κ2) is 6.91. The Kier molecular flexibility index (Phi) is 5.21. The van der Waals surface area contributed by atoms with E-state index in [4.69, 9.17) is 4.98 Å². The Morgan fingerprint density at radius 1 is 1.15 bits per heavy atom. The number of nitrogens with one attached hydrogen (secondary N) is 1. The van der Waals surface area contributed by atoms with Gasteiger partial charge in [-0.15, -0.1) is 0 Å². The average Bonchev–Trinajstić information content (AvgIpc) is 3.25. The highest BCUT2D eigenvalue weighted by Gasteiger charge is 2.31. The molecule has 0 radical (unpaired) electrons. The van der Waals surface area contributed by atoms with Crippen molar-refractivity contribution in [2.45, 2.75) is 65.8 Å². The Morgan fingerprint density at radius 3 is 2.45 bits per heavy atom. The highest BCUT2D eigenvalue weighted by Crippen LogP contribution is 2.34. The third kappa shape index (κ3) is 3.41. The van der Waals surface area contributed by atoms with Crippen LogP contribution < -0.4 is 10.2 Å². The van der Waals surface area contributed by atoms with Gasteiger partial charge in [0, 0.05) is 31.1 Å². The quantitative estimate of drug-likeness (QED) is 0.788. The summed E-state index contributed by atoms with van der Waals surface area (Å²) >= 11 is 0. The van der Waals surface area contributed by atoms with E-state index in [0.717, 1.165) is 43.4 Å². The van der Waals surface area contributed by atoms with Crippen LogP contribution in [0, 0.1) is 6.92 Å². The van der Waals surface area contributed by atoms with Gasteiger partial charge >= 0.3 is 0 Å². The summed E-state index contributed by atoms with van der Waals surface area (Å²) in [7, 11) is 0. The van der Waals surface area contributed by atoms with Gasteiger partial charge in [0.25, 0.3) is 0 Å². The van der Waals surface area contributed by atoms with Crippen LogP contribution in [-0.2, 0) is 6.42 Å². The molecule has 0 aliphatic heterocycles. The van der Waals surface area contributed by atoms with Crippen molar-refractivity contribution >= 4 is 11.6 Å². The Labute approximate surface area is 123 Å². The molecule has 0 saturated heterocycles. The molecular weight excluding hydrogens is 248 g/mol. The first-order valence-corrected chi connectivity index (χ1v) is 8.09. The maximum absolute atomic E-state index is 4.86. The number of hydrogen-bond donors (Lipinski definition) is 1. The van der Waals surface area contributed by atoms with Crippen LogP contribution in [0.3, 0.4) is 0 Å². The smallest absolute Gasteiger partial charge is 0.137 e. The fraction of sp³-hybridized carbons (Fsp3) is 0.750. The van der Waals surface area contributed by atoms with Gasteiger partial charge in [-0.3, -0.25) is 0 Å². The molecule has 4 nitrogen and oxygen atoms in total. The summed E-state index contributed by atoms with van der Waals surface area (Å²) in [5.74, 6) is 3.15. The number of aromatic nitrogens is 2. The van der Waals surface area contributed by atoms with Crippen LogP contribution in [0.25, 0.3) is 0 Å². The molecule has 0 atom stereocenters. The molecule has 1 aliphatic carbocycles. The number of aryl methyl sites for hydroxylation is 1. The first kappa shape index (κ1) is 15.1. The molecular formula is C16H28N4. The van der Waals surface area contributed by atoms with E-state index in [1.54, 1.807) is 0 Å². The first-order valence-electron chi connectivity index (χ1n) is 8.09. The van der Waals surface area contributed by atoms with Gasteiger partial charge in [-0.25, -0.2) is 9.97 Å². The minimum atomic E-state index is 0.701. The second-order valence-corrected chi connectivity index (χ2v) is 5.64. The van der Waals surface area contributed by atoms with Crippen LogP contribution in [0.15, 0.2) is 0 Å². The highest BCUT2D eigenvalue weighted by atomic mass is 15.2. The van der Waals surface area contributed by atoms with Crippen molar-refractivity contribution in [1.29, 1.82) is 0 Å². The number of nitrogens with zero attached hydrogens (tertiary/aromatic N) is 3. The normalized spacial score (nSPS) is 14.4. The Morgan fingerprint density at radius 2 is 1.90 bits per heavy atom. The van der Waals surface area contributed by atoms with E-state index in [0.29, 0.717) is 6.04 Å². The van der Waals surface area contributed by atoms with Gasteiger partial charge < -0.3 is 10.2 Å². The van der Waals surface area contributed by atoms with Crippen molar-refractivity contribution in [3.05, 3.63) is 11.4 Å². The van der Waals surface area contributed by atoms with Gasteiger partial charge in [0.15, 0.2) is 0 Å². The van der Waals surface area contributed by atoms with Gasteiger partial charge in [-0.05, 0) is 39.5 Å². The van der Waals surface area contributed by atoms with Crippen LogP contribution in [0.4, 0.5) is 11.6 Å². The molecule has 0 spiro atoms. The van der Waals surface area contributed by atoms with Crippen LogP contribution in [0.1, 0.15) is 57.8 Å². The van der Waals surface area contributed by atoms with Gasteiger partial charge in [-0.2, -0.15) is 0 Å². The SMILES string of the molecule is CCCc1nc(NCC)c(C)c(N(CCC)C2CC2)n1. The van der Waals surface area contributed by atoms with Crippen LogP contribution in [-0.4, -0.2) is 29.1 Å². The summed E-state index contributed by atoms with van der Waals surface area (Å²) in [6, 6.07) is 0.701. The third-order valence-corrected chi connectivity index (χ3v) is 3.71. The van der Waals surface area contributed by atoms with Crippen molar-refractivity contribution in [1.82, 2.24) is 9.97 Å². The van der Waals surface area contributed by atoms with Gasteiger partial charge in [0.2, 0.25) is 0 Å². The van der Waals surface area contributed by atoms with Gasteiger partial charge in [0.05, 0.1) is 0 Å². The molecule has 1 heterocycles. The first-order chi connectivity index (χ1) is 9.71.